The Kier molecular flexibility index (Phi) is 6.17. The monoisotopic (exact) mass is 336 g/mol. The van der Waals surface area contributed by atoms with Crippen molar-refractivity contribution in [2.24, 2.45) is 0 Å². The Morgan fingerprint density at radius 1 is 1.22 bits per heavy atom. The number of oxazole rings is 1. The van der Waals surface area contributed by atoms with E-state index in [1.54, 1.807) is 24.3 Å². The molecule has 0 unspecified atom stereocenters. The van der Waals surface area contributed by atoms with Crippen molar-refractivity contribution in [2.75, 3.05) is 6.54 Å². The summed E-state index contributed by atoms with van der Waals surface area (Å²) in [6.45, 7) is 0.452. The zero-order chi connectivity index (χ0) is 16.7. The second kappa shape index (κ2) is 8.33. The van der Waals surface area contributed by atoms with Crippen LogP contribution in [0, 0.1) is 0 Å². The lowest BCUT2D eigenvalue weighted by Gasteiger charge is -2.02. The Hall–Kier alpha value is -2.34. The van der Waals surface area contributed by atoms with Crippen molar-refractivity contribution in [1.29, 1.82) is 0 Å². The van der Waals surface area contributed by atoms with Crippen molar-refractivity contribution in [3.8, 4) is 11.5 Å². The summed E-state index contributed by atoms with van der Waals surface area (Å²) < 4.78 is 5.36. The van der Waals surface area contributed by atoms with Crippen molar-refractivity contribution in [3.05, 3.63) is 41.2 Å². The molecule has 1 heterocycles. The van der Waals surface area contributed by atoms with Crippen LogP contribution in [0.25, 0.3) is 11.5 Å². The Bertz CT molecular complexity index is 667. The topological polar surface area (TPSA) is 92.4 Å². The molecule has 7 heteroatoms. The number of nitrogens with one attached hydrogen (secondary N) is 1. The van der Waals surface area contributed by atoms with Gasteiger partial charge < -0.3 is 14.8 Å². The van der Waals surface area contributed by atoms with Crippen LogP contribution in [0.2, 0.25) is 5.02 Å². The number of halogens is 1. The van der Waals surface area contributed by atoms with Crippen LogP contribution in [0.1, 0.15) is 25.0 Å². The summed E-state index contributed by atoms with van der Waals surface area (Å²) in [5.74, 6) is -0.559. The SMILES string of the molecule is O=C(O)CCCCNC(=O)Cc1coc(-c2ccc(Cl)cc2)n1. The number of carbonyl (C=O) groups excluding carboxylic acids is 1. The maximum atomic E-state index is 11.8. The molecular formula is C16H17ClN2O4. The first-order valence-electron chi connectivity index (χ1n) is 7.23. The fourth-order valence-electron chi connectivity index (χ4n) is 1.97. The van der Waals surface area contributed by atoms with E-state index in [0.29, 0.717) is 36.0 Å². The molecule has 0 bridgehead atoms. The third-order valence-corrected chi connectivity index (χ3v) is 3.38. The van der Waals surface area contributed by atoms with Gasteiger partial charge in [0.05, 0.1) is 12.1 Å². The molecule has 0 atom stereocenters. The lowest BCUT2D eigenvalue weighted by Crippen LogP contribution is -2.26. The molecule has 0 aliphatic carbocycles. The van der Waals surface area contributed by atoms with E-state index in [-0.39, 0.29) is 18.7 Å². The second-order valence-electron chi connectivity index (χ2n) is 5.03. The number of nitrogens with zero attached hydrogens (tertiary/aromatic N) is 1. The summed E-state index contributed by atoms with van der Waals surface area (Å²) in [7, 11) is 0. The molecule has 6 nitrogen and oxygen atoms in total. The van der Waals surface area contributed by atoms with Crippen molar-refractivity contribution in [3.63, 3.8) is 0 Å². The first-order chi connectivity index (χ1) is 11.0. The van der Waals surface area contributed by atoms with Crippen LogP contribution >= 0.6 is 11.6 Å². The van der Waals surface area contributed by atoms with Gasteiger partial charge in [0.2, 0.25) is 11.8 Å². The molecule has 23 heavy (non-hydrogen) atoms. The summed E-state index contributed by atoms with van der Waals surface area (Å²) in [6, 6.07) is 7.07. The molecule has 1 amide bonds. The van der Waals surface area contributed by atoms with Gasteiger partial charge in [-0.1, -0.05) is 11.6 Å². The average Bonchev–Trinajstić information content (AvgIpc) is 2.95. The number of amides is 1. The van der Waals surface area contributed by atoms with Gasteiger partial charge in [0, 0.05) is 23.6 Å². The number of unbranched alkanes of at least 4 members (excludes halogenated alkanes) is 1. The van der Waals surface area contributed by atoms with Crippen LogP contribution in [0.4, 0.5) is 0 Å². The molecule has 0 aliphatic rings. The van der Waals surface area contributed by atoms with E-state index in [4.69, 9.17) is 21.1 Å². The van der Waals surface area contributed by atoms with Crippen LogP contribution in [0.5, 0.6) is 0 Å². The summed E-state index contributed by atoms with van der Waals surface area (Å²) in [4.78, 5) is 26.4. The number of benzene rings is 1. The number of hydrogen-bond acceptors (Lipinski definition) is 4. The van der Waals surface area contributed by atoms with Gasteiger partial charge in [-0.05, 0) is 37.1 Å². The van der Waals surface area contributed by atoms with Crippen LogP contribution in [-0.2, 0) is 16.0 Å². The van der Waals surface area contributed by atoms with Gasteiger partial charge in [-0.25, -0.2) is 4.98 Å². The normalized spacial score (nSPS) is 10.5. The molecule has 0 radical (unpaired) electrons. The van der Waals surface area contributed by atoms with Crippen molar-refractivity contribution < 1.29 is 19.1 Å². The largest absolute Gasteiger partial charge is 0.481 e. The van der Waals surface area contributed by atoms with Gasteiger partial charge in [0.1, 0.15) is 6.26 Å². The van der Waals surface area contributed by atoms with Gasteiger partial charge in [0.25, 0.3) is 0 Å². The number of aliphatic carboxylic acids is 1. The Balaban J connectivity index is 1.78. The molecule has 2 rings (SSSR count). The first kappa shape index (κ1) is 17.0. The predicted octanol–water partition coefficient (Wildman–Crippen LogP) is 2.91. The third kappa shape index (κ3) is 5.75. The molecule has 1 aromatic carbocycles. The molecule has 0 saturated carbocycles. The maximum Gasteiger partial charge on any atom is 0.303 e. The van der Waals surface area contributed by atoms with E-state index in [1.165, 1.54) is 6.26 Å². The van der Waals surface area contributed by atoms with Gasteiger partial charge in [-0.15, -0.1) is 0 Å². The fourth-order valence-corrected chi connectivity index (χ4v) is 2.10. The molecule has 0 aliphatic heterocycles. The number of carboxylic acid groups (broad SMARTS) is 1. The Morgan fingerprint density at radius 2 is 1.96 bits per heavy atom. The van der Waals surface area contributed by atoms with Crippen molar-refractivity contribution >= 4 is 23.5 Å². The molecule has 0 fully saturated rings. The predicted molar refractivity (Wildman–Crippen MR) is 85.1 cm³/mol. The smallest absolute Gasteiger partial charge is 0.303 e. The van der Waals surface area contributed by atoms with E-state index < -0.39 is 5.97 Å². The standard InChI is InChI=1S/C16H17ClN2O4/c17-12-6-4-11(5-7-12)16-19-13(10-23-16)9-14(20)18-8-2-1-3-15(21)22/h4-7,10H,1-3,8-9H2,(H,18,20)(H,21,22). The van der Waals surface area contributed by atoms with Crippen molar-refractivity contribution in [2.45, 2.75) is 25.7 Å². The van der Waals surface area contributed by atoms with E-state index in [2.05, 4.69) is 10.3 Å². The number of hydrogen-bond donors (Lipinski definition) is 2. The molecular weight excluding hydrogens is 320 g/mol. The highest BCUT2D eigenvalue weighted by Crippen LogP contribution is 2.20. The molecule has 0 saturated heterocycles. The first-order valence-corrected chi connectivity index (χ1v) is 7.61. The zero-order valence-electron chi connectivity index (χ0n) is 12.4. The quantitative estimate of drug-likeness (QED) is 0.723. The summed E-state index contributed by atoms with van der Waals surface area (Å²) in [5, 5.41) is 11.9. The van der Waals surface area contributed by atoms with Gasteiger partial charge >= 0.3 is 5.97 Å². The molecule has 2 N–H and O–H groups in total. The lowest BCUT2D eigenvalue weighted by molar-refractivity contribution is -0.137. The number of carboxylic acids is 1. The Morgan fingerprint density at radius 3 is 2.65 bits per heavy atom. The third-order valence-electron chi connectivity index (χ3n) is 3.12. The number of carbonyl (C=O) groups is 2. The Labute approximate surface area is 138 Å². The molecule has 2 aromatic rings. The molecule has 122 valence electrons. The fraction of sp³-hybridized carbons (Fsp3) is 0.312. The van der Waals surface area contributed by atoms with Gasteiger partial charge in [0.15, 0.2) is 0 Å². The summed E-state index contributed by atoms with van der Waals surface area (Å²) >= 11 is 5.82. The average molecular weight is 337 g/mol. The zero-order valence-corrected chi connectivity index (χ0v) is 13.2. The van der Waals surface area contributed by atoms with E-state index in [0.717, 1.165) is 5.56 Å². The van der Waals surface area contributed by atoms with E-state index in [1.807, 2.05) is 0 Å². The minimum atomic E-state index is -0.825. The number of rotatable bonds is 8. The minimum Gasteiger partial charge on any atom is -0.481 e. The van der Waals surface area contributed by atoms with Gasteiger partial charge in [-0.3, -0.25) is 9.59 Å². The van der Waals surface area contributed by atoms with Crippen molar-refractivity contribution in [1.82, 2.24) is 10.3 Å². The number of aromatic nitrogens is 1. The van der Waals surface area contributed by atoms with E-state index >= 15 is 0 Å². The maximum absolute atomic E-state index is 11.8. The minimum absolute atomic E-state index is 0.115. The highest BCUT2D eigenvalue weighted by atomic mass is 35.5. The van der Waals surface area contributed by atoms with Gasteiger partial charge in [-0.2, -0.15) is 0 Å². The van der Waals surface area contributed by atoms with Crippen LogP contribution in [0.15, 0.2) is 34.9 Å². The molecule has 0 spiro atoms. The van der Waals surface area contributed by atoms with E-state index in [9.17, 15) is 9.59 Å². The van der Waals surface area contributed by atoms with Crippen LogP contribution in [-0.4, -0.2) is 28.5 Å². The summed E-state index contributed by atoms with van der Waals surface area (Å²) in [5.41, 5.74) is 1.33. The van der Waals surface area contributed by atoms with Crippen LogP contribution in [0.3, 0.4) is 0 Å². The highest BCUT2D eigenvalue weighted by molar-refractivity contribution is 6.30. The highest BCUT2D eigenvalue weighted by Gasteiger charge is 2.10. The lowest BCUT2D eigenvalue weighted by atomic mass is 10.2. The molecule has 1 aromatic heterocycles. The van der Waals surface area contributed by atoms with Crippen LogP contribution < -0.4 is 5.32 Å². The summed E-state index contributed by atoms with van der Waals surface area (Å²) in [6.07, 6.45) is 2.86. The second-order valence-corrected chi connectivity index (χ2v) is 5.46.